The predicted molar refractivity (Wildman–Crippen MR) is 110 cm³/mol. The number of halogens is 1. The smallest absolute Gasteiger partial charge is 0.255 e. The molecule has 0 saturated heterocycles. The molecule has 1 heterocycles. The number of benzene rings is 2. The van der Waals surface area contributed by atoms with Gasteiger partial charge in [0.05, 0.1) is 11.6 Å². The Morgan fingerprint density at radius 3 is 2.31 bits per heavy atom. The van der Waals surface area contributed by atoms with Gasteiger partial charge in [-0.05, 0) is 49.0 Å². The summed E-state index contributed by atoms with van der Waals surface area (Å²) in [7, 11) is 3.78. The highest BCUT2D eigenvalue weighted by Crippen LogP contribution is 2.36. The minimum atomic E-state index is -0.278. The number of para-hydroxylation sites is 1. The Balaban J connectivity index is 2.05. The van der Waals surface area contributed by atoms with Gasteiger partial charge in [0, 0.05) is 30.5 Å². The van der Waals surface area contributed by atoms with Crippen LogP contribution in [-0.2, 0) is 4.79 Å². The molecule has 3 rings (SSSR count). The van der Waals surface area contributed by atoms with Crippen molar-refractivity contribution in [2.75, 3.05) is 19.4 Å². The first-order valence-electron chi connectivity index (χ1n) is 8.23. The van der Waals surface area contributed by atoms with Gasteiger partial charge >= 0.3 is 0 Å². The Morgan fingerprint density at radius 2 is 1.69 bits per heavy atom. The SMILES string of the molecule is CC1=C(C(=O)Nc2ccccc2)[C@H](c2ccc(Cl)cc2)N(C)C(=S)N1C. The van der Waals surface area contributed by atoms with Crippen LogP contribution in [0.25, 0.3) is 0 Å². The van der Waals surface area contributed by atoms with Gasteiger partial charge in [-0.15, -0.1) is 0 Å². The van der Waals surface area contributed by atoms with Gasteiger partial charge in [-0.1, -0.05) is 41.9 Å². The number of amides is 1. The van der Waals surface area contributed by atoms with E-state index in [-0.39, 0.29) is 11.9 Å². The fraction of sp³-hybridized carbons (Fsp3) is 0.200. The second kappa shape index (κ2) is 7.48. The molecule has 1 aliphatic heterocycles. The van der Waals surface area contributed by atoms with Crippen molar-refractivity contribution >= 4 is 40.5 Å². The maximum atomic E-state index is 13.1. The van der Waals surface area contributed by atoms with E-state index in [0.29, 0.717) is 15.7 Å². The summed E-state index contributed by atoms with van der Waals surface area (Å²) in [6.07, 6.45) is 0. The molecule has 0 radical (unpaired) electrons. The second-order valence-corrected chi connectivity index (χ2v) is 7.03. The molecular weight excluding hydrogens is 366 g/mol. The topological polar surface area (TPSA) is 35.6 Å². The normalized spacial score (nSPS) is 17.5. The summed E-state index contributed by atoms with van der Waals surface area (Å²) in [5.74, 6) is -0.144. The van der Waals surface area contributed by atoms with Crippen LogP contribution in [0.2, 0.25) is 5.02 Å². The first-order chi connectivity index (χ1) is 12.4. The molecule has 0 saturated carbocycles. The summed E-state index contributed by atoms with van der Waals surface area (Å²) in [5.41, 5.74) is 3.22. The van der Waals surface area contributed by atoms with Crippen LogP contribution in [0.3, 0.4) is 0 Å². The number of likely N-dealkylation sites (N-methyl/N-ethyl adjacent to an activating group) is 1. The lowest BCUT2D eigenvalue weighted by atomic mass is 9.93. The number of thiocarbonyl (C=S) groups is 1. The molecule has 2 aromatic rings. The van der Waals surface area contributed by atoms with E-state index in [1.807, 2.05) is 85.4 Å². The number of anilines is 1. The highest BCUT2D eigenvalue weighted by atomic mass is 35.5. The first kappa shape index (κ1) is 18.4. The molecule has 0 aromatic heterocycles. The Labute approximate surface area is 164 Å². The molecule has 1 aliphatic rings. The van der Waals surface area contributed by atoms with Crippen molar-refractivity contribution in [1.29, 1.82) is 0 Å². The van der Waals surface area contributed by atoms with Crippen molar-refractivity contribution in [3.05, 3.63) is 76.5 Å². The largest absolute Gasteiger partial charge is 0.340 e. The van der Waals surface area contributed by atoms with Crippen molar-refractivity contribution in [2.24, 2.45) is 0 Å². The molecule has 134 valence electrons. The molecule has 26 heavy (non-hydrogen) atoms. The molecule has 1 N–H and O–H groups in total. The van der Waals surface area contributed by atoms with E-state index in [1.165, 1.54) is 0 Å². The Morgan fingerprint density at radius 1 is 1.08 bits per heavy atom. The lowest BCUT2D eigenvalue weighted by molar-refractivity contribution is -0.113. The quantitative estimate of drug-likeness (QED) is 0.791. The summed E-state index contributed by atoms with van der Waals surface area (Å²) in [6.45, 7) is 1.92. The van der Waals surface area contributed by atoms with Crippen LogP contribution < -0.4 is 5.32 Å². The second-order valence-electron chi connectivity index (χ2n) is 6.23. The highest BCUT2D eigenvalue weighted by molar-refractivity contribution is 7.80. The van der Waals surface area contributed by atoms with Crippen LogP contribution in [0.15, 0.2) is 65.9 Å². The molecule has 0 fully saturated rings. The Bertz CT molecular complexity index is 864. The molecular formula is C20H20ClN3OS. The number of hydrogen-bond acceptors (Lipinski definition) is 2. The van der Waals surface area contributed by atoms with E-state index in [2.05, 4.69) is 5.32 Å². The molecule has 0 aliphatic carbocycles. The number of carbonyl (C=O) groups excluding carboxylic acids is 1. The van der Waals surface area contributed by atoms with Crippen LogP contribution >= 0.6 is 23.8 Å². The zero-order valence-electron chi connectivity index (χ0n) is 14.9. The van der Waals surface area contributed by atoms with E-state index >= 15 is 0 Å². The Kier molecular flexibility index (Phi) is 5.30. The number of allylic oxidation sites excluding steroid dienone is 1. The lowest BCUT2D eigenvalue weighted by Crippen LogP contribution is -2.47. The molecule has 2 aromatic carbocycles. The van der Waals surface area contributed by atoms with Gasteiger partial charge in [-0.2, -0.15) is 0 Å². The standard InChI is InChI=1S/C20H20ClN3OS/c1-13-17(19(25)22-16-7-5-4-6-8-16)18(24(3)20(26)23(13)2)14-9-11-15(21)12-10-14/h4-12,18H,1-3H3,(H,22,25)/t18-/m0/s1. The molecule has 1 atom stereocenters. The zero-order valence-corrected chi connectivity index (χ0v) is 16.4. The molecule has 0 unspecified atom stereocenters. The molecule has 6 heteroatoms. The van der Waals surface area contributed by atoms with Crippen molar-refractivity contribution in [2.45, 2.75) is 13.0 Å². The Hall–Kier alpha value is -2.37. The number of nitrogens with zero attached hydrogens (tertiary/aromatic N) is 2. The van der Waals surface area contributed by atoms with Crippen molar-refractivity contribution in [1.82, 2.24) is 9.80 Å². The van der Waals surface area contributed by atoms with Gasteiger partial charge in [0.2, 0.25) is 0 Å². The van der Waals surface area contributed by atoms with Gasteiger partial charge in [-0.25, -0.2) is 0 Å². The number of nitrogens with one attached hydrogen (secondary N) is 1. The number of rotatable bonds is 3. The van der Waals surface area contributed by atoms with Gasteiger partial charge in [-0.3, -0.25) is 4.79 Å². The maximum Gasteiger partial charge on any atom is 0.255 e. The van der Waals surface area contributed by atoms with E-state index in [4.69, 9.17) is 23.8 Å². The third-order valence-electron chi connectivity index (χ3n) is 4.60. The summed E-state index contributed by atoms with van der Waals surface area (Å²) >= 11 is 11.6. The van der Waals surface area contributed by atoms with Crippen molar-refractivity contribution < 1.29 is 4.79 Å². The van der Waals surface area contributed by atoms with E-state index in [1.54, 1.807) is 0 Å². The number of hydrogen-bond donors (Lipinski definition) is 1. The van der Waals surface area contributed by atoms with Gasteiger partial charge in [0.1, 0.15) is 0 Å². The van der Waals surface area contributed by atoms with Crippen LogP contribution in [0.1, 0.15) is 18.5 Å². The monoisotopic (exact) mass is 385 g/mol. The molecule has 1 amide bonds. The third kappa shape index (κ3) is 3.45. The van der Waals surface area contributed by atoms with Crippen LogP contribution in [0, 0.1) is 0 Å². The summed E-state index contributed by atoms with van der Waals surface area (Å²) in [4.78, 5) is 16.9. The van der Waals surface area contributed by atoms with Crippen molar-refractivity contribution in [3.8, 4) is 0 Å². The van der Waals surface area contributed by atoms with Gasteiger partial charge in [0.25, 0.3) is 5.91 Å². The highest BCUT2D eigenvalue weighted by Gasteiger charge is 2.36. The zero-order chi connectivity index (χ0) is 18.8. The summed E-state index contributed by atoms with van der Waals surface area (Å²) in [6, 6.07) is 16.7. The molecule has 4 nitrogen and oxygen atoms in total. The molecule has 0 bridgehead atoms. The minimum Gasteiger partial charge on any atom is -0.340 e. The van der Waals surface area contributed by atoms with Crippen LogP contribution in [-0.4, -0.2) is 34.9 Å². The van der Waals surface area contributed by atoms with Crippen molar-refractivity contribution in [3.63, 3.8) is 0 Å². The van der Waals surface area contributed by atoms with E-state index in [0.717, 1.165) is 16.9 Å². The fourth-order valence-electron chi connectivity index (χ4n) is 3.11. The average Bonchev–Trinajstić information content (AvgIpc) is 2.64. The van der Waals surface area contributed by atoms with Gasteiger partial charge < -0.3 is 15.1 Å². The van der Waals surface area contributed by atoms with Crippen LogP contribution in [0.4, 0.5) is 5.69 Å². The predicted octanol–water partition coefficient (Wildman–Crippen LogP) is 4.46. The third-order valence-corrected chi connectivity index (χ3v) is 5.42. The fourth-order valence-corrected chi connectivity index (χ4v) is 3.47. The van der Waals surface area contributed by atoms with E-state index < -0.39 is 0 Å². The lowest BCUT2D eigenvalue weighted by Gasteiger charge is -2.42. The molecule has 0 spiro atoms. The number of carbonyl (C=O) groups is 1. The maximum absolute atomic E-state index is 13.1. The van der Waals surface area contributed by atoms with Crippen LogP contribution in [0.5, 0.6) is 0 Å². The minimum absolute atomic E-state index is 0.144. The van der Waals surface area contributed by atoms with E-state index in [9.17, 15) is 4.79 Å². The first-order valence-corrected chi connectivity index (χ1v) is 9.02. The summed E-state index contributed by atoms with van der Waals surface area (Å²) < 4.78 is 0. The average molecular weight is 386 g/mol. The summed E-state index contributed by atoms with van der Waals surface area (Å²) in [5, 5.41) is 4.31. The van der Waals surface area contributed by atoms with Gasteiger partial charge in [0.15, 0.2) is 5.11 Å².